The lowest BCUT2D eigenvalue weighted by atomic mass is 10.0. The zero-order chi connectivity index (χ0) is 21.7. The summed E-state index contributed by atoms with van der Waals surface area (Å²) in [6.45, 7) is 9.38. The van der Waals surface area contributed by atoms with Gasteiger partial charge >= 0.3 is 5.97 Å². The Hall–Kier alpha value is -2.14. The summed E-state index contributed by atoms with van der Waals surface area (Å²) in [6, 6.07) is 11.7. The molecule has 0 unspecified atom stereocenters. The van der Waals surface area contributed by atoms with Crippen LogP contribution in [0.1, 0.15) is 74.9 Å². The summed E-state index contributed by atoms with van der Waals surface area (Å²) in [4.78, 5) is 13.2. The summed E-state index contributed by atoms with van der Waals surface area (Å²) in [7, 11) is -3.85. The van der Waals surface area contributed by atoms with Crippen LogP contribution in [-0.4, -0.2) is 20.0 Å². The lowest BCUT2D eigenvalue weighted by Crippen LogP contribution is -2.26. The maximum absolute atomic E-state index is 13.4. The van der Waals surface area contributed by atoms with Crippen LogP contribution in [0.15, 0.2) is 52.3 Å². The lowest BCUT2D eigenvalue weighted by Gasteiger charge is -2.22. The van der Waals surface area contributed by atoms with Crippen molar-refractivity contribution in [2.24, 2.45) is 0 Å². The fourth-order valence-corrected chi connectivity index (χ4v) is 4.65. The molecular weight excluding hydrogens is 384 g/mol. The number of hydrogen-bond acceptors (Lipinski definition) is 4. The van der Waals surface area contributed by atoms with Gasteiger partial charge in [0.25, 0.3) is 0 Å². The van der Waals surface area contributed by atoms with Gasteiger partial charge in [-0.25, -0.2) is 13.2 Å². The van der Waals surface area contributed by atoms with E-state index >= 15 is 0 Å². The largest absolute Gasteiger partial charge is 0.456 e. The van der Waals surface area contributed by atoms with Crippen LogP contribution in [0.5, 0.6) is 0 Å². The summed E-state index contributed by atoms with van der Waals surface area (Å²) >= 11 is 0. The van der Waals surface area contributed by atoms with Crippen molar-refractivity contribution < 1.29 is 17.9 Å². The third-order valence-electron chi connectivity index (χ3n) is 4.64. The highest BCUT2D eigenvalue weighted by atomic mass is 32.2. The molecule has 0 fully saturated rings. The first kappa shape index (κ1) is 23.1. The molecule has 0 atom stereocenters. The Labute approximate surface area is 175 Å². The summed E-state index contributed by atoms with van der Waals surface area (Å²) in [6.07, 6.45) is 4.81. The van der Waals surface area contributed by atoms with Gasteiger partial charge in [-0.2, -0.15) is 0 Å². The minimum absolute atomic E-state index is 0.0172. The number of ether oxygens (including phenoxy) is 1. The first-order valence-corrected chi connectivity index (χ1v) is 11.7. The zero-order valence-corrected chi connectivity index (χ0v) is 18.9. The van der Waals surface area contributed by atoms with Gasteiger partial charge < -0.3 is 4.74 Å². The van der Waals surface area contributed by atoms with Gasteiger partial charge in [0.05, 0.1) is 15.4 Å². The van der Waals surface area contributed by atoms with Gasteiger partial charge in [0.2, 0.25) is 9.84 Å². The molecular formula is C24H32O4S. The maximum Gasteiger partial charge on any atom is 0.340 e. The minimum Gasteiger partial charge on any atom is -0.456 e. The third kappa shape index (κ3) is 6.17. The van der Waals surface area contributed by atoms with Crippen molar-refractivity contribution in [2.75, 3.05) is 0 Å². The number of esters is 1. The summed E-state index contributed by atoms with van der Waals surface area (Å²) in [5.74, 6) is -0.589. The molecule has 0 spiro atoms. The molecule has 0 aliphatic carbocycles. The molecule has 0 aliphatic rings. The Balaban J connectivity index is 2.55. The van der Waals surface area contributed by atoms with Crippen molar-refractivity contribution in [1.82, 2.24) is 0 Å². The number of unbranched alkanes of at least 4 members (excludes halogenated alkanes) is 3. The number of benzene rings is 2. The van der Waals surface area contributed by atoms with E-state index in [1.807, 2.05) is 13.0 Å². The highest BCUT2D eigenvalue weighted by Gasteiger charge is 2.29. The number of rotatable bonds is 8. The van der Waals surface area contributed by atoms with Gasteiger partial charge in [-0.1, -0.05) is 56.0 Å². The molecule has 0 N–H and O–H groups in total. The lowest BCUT2D eigenvalue weighted by molar-refractivity contribution is 0.00638. The Morgan fingerprint density at radius 2 is 1.62 bits per heavy atom. The van der Waals surface area contributed by atoms with E-state index in [0.717, 1.165) is 36.8 Å². The Morgan fingerprint density at radius 1 is 0.966 bits per heavy atom. The second-order valence-electron chi connectivity index (χ2n) is 8.42. The molecule has 158 valence electrons. The quantitative estimate of drug-likeness (QED) is 0.397. The average molecular weight is 417 g/mol. The van der Waals surface area contributed by atoms with E-state index in [2.05, 4.69) is 6.92 Å². The molecule has 0 aromatic heterocycles. The maximum atomic E-state index is 13.4. The Morgan fingerprint density at radius 3 is 2.21 bits per heavy atom. The number of sulfone groups is 1. The number of hydrogen-bond donors (Lipinski definition) is 0. The fraction of sp³-hybridized carbons (Fsp3) is 0.458. The van der Waals surface area contributed by atoms with E-state index in [-0.39, 0.29) is 15.4 Å². The first-order valence-electron chi connectivity index (χ1n) is 10.2. The van der Waals surface area contributed by atoms with Crippen LogP contribution in [0, 0.1) is 6.92 Å². The van der Waals surface area contributed by atoms with Crippen molar-refractivity contribution in [1.29, 1.82) is 0 Å². The Bertz CT molecular complexity index is 936. The second kappa shape index (κ2) is 9.57. The van der Waals surface area contributed by atoms with Gasteiger partial charge in [0, 0.05) is 0 Å². The fourth-order valence-electron chi connectivity index (χ4n) is 3.16. The first-order chi connectivity index (χ1) is 13.6. The number of aryl methyl sites for hydroxylation is 2. The second-order valence-corrected chi connectivity index (χ2v) is 10.3. The van der Waals surface area contributed by atoms with Crippen LogP contribution in [0.2, 0.25) is 0 Å². The average Bonchev–Trinajstić information content (AvgIpc) is 2.64. The van der Waals surface area contributed by atoms with Crippen molar-refractivity contribution >= 4 is 15.8 Å². The molecule has 29 heavy (non-hydrogen) atoms. The van der Waals surface area contributed by atoms with Crippen LogP contribution in [0.3, 0.4) is 0 Å². The van der Waals surface area contributed by atoms with Crippen LogP contribution in [-0.2, 0) is 21.0 Å². The Kier molecular flexibility index (Phi) is 7.64. The topological polar surface area (TPSA) is 60.4 Å². The van der Waals surface area contributed by atoms with E-state index < -0.39 is 21.4 Å². The highest BCUT2D eigenvalue weighted by Crippen LogP contribution is 2.29. The SMILES string of the molecule is CCCCCCc1cccc(S(=O)(=O)c2ccc(C)cc2)c1C(=O)OC(C)(C)C. The molecule has 2 rings (SSSR count). The van der Waals surface area contributed by atoms with E-state index in [4.69, 9.17) is 4.74 Å². The molecule has 0 saturated carbocycles. The van der Waals surface area contributed by atoms with Crippen molar-refractivity contribution in [3.05, 3.63) is 59.2 Å². The molecule has 2 aromatic rings. The van der Waals surface area contributed by atoms with Crippen LogP contribution in [0.4, 0.5) is 0 Å². The van der Waals surface area contributed by atoms with E-state index in [0.29, 0.717) is 6.42 Å². The standard InChI is InChI=1S/C24H32O4S/c1-6-7-8-9-11-19-12-10-13-21(22(19)23(25)28-24(3,4)5)29(26,27)20-16-14-18(2)15-17-20/h10,12-17H,6-9,11H2,1-5H3. The molecule has 5 heteroatoms. The summed E-state index contributed by atoms with van der Waals surface area (Å²) in [5, 5.41) is 0. The van der Waals surface area contributed by atoms with Gasteiger partial charge in [-0.3, -0.25) is 0 Å². The molecule has 2 aromatic carbocycles. The molecule has 0 aliphatic heterocycles. The summed E-state index contributed by atoms with van der Waals surface area (Å²) in [5.41, 5.74) is 1.15. The molecule has 0 amide bonds. The van der Waals surface area contributed by atoms with Gasteiger partial charge in [-0.15, -0.1) is 0 Å². The van der Waals surface area contributed by atoms with Crippen molar-refractivity contribution in [2.45, 2.75) is 82.1 Å². The molecule has 0 saturated heterocycles. The zero-order valence-electron chi connectivity index (χ0n) is 18.1. The predicted octanol–water partition coefficient (Wildman–Crippen LogP) is 5.91. The van der Waals surface area contributed by atoms with Gasteiger partial charge in [0.1, 0.15) is 5.60 Å². The van der Waals surface area contributed by atoms with Crippen LogP contribution >= 0.6 is 0 Å². The monoisotopic (exact) mass is 416 g/mol. The van der Waals surface area contributed by atoms with Crippen molar-refractivity contribution in [3.63, 3.8) is 0 Å². The van der Waals surface area contributed by atoms with Gasteiger partial charge in [-0.05, 0) is 64.3 Å². The van der Waals surface area contributed by atoms with Crippen LogP contribution < -0.4 is 0 Å². The summed E-state index contributed by atoms with van der Waals surface area (Å²) < 4.78 is 32.3. The molecule has 0 bridgehead atoms. The van der Waals surface area contributed by atoms with Crippen molar-refractivity contribution in [3.8, 4) is 0 Å². The molecule has 0 radical (unpaired) electrons. The van der Waals surface area contributed by atoms with E-state index in [9.17, 15) is 13.2 Å². The van der Waals surface area contributed by atoms with E-state index in [1.165, 1.54) is 6.07 Å². The molecule has 0 heterocycles. The number of carbonyl (C=O) groups excluding carboxylic acids is 1. The van der Waals surface area contributed by atoms with E-state index in [1.54, 1.807) is 51.1 Å². The predicted molar refractivity (Wildman–Crippen MR) is 116 cm³/mol. The highest BCUT2D eigenvalue weighted by molar-refractivity contribution is 7.91. The normalized spacial score (nSPS) is 12.0. The molecule has 4 nitrogen and oxygen atoms in total. The van der Waals surface area contributed by atoms with Crippen LogP contribution in [0.25, 0.3) is 0 Å². The number of carbonyl (C=O) groups is 1. The minimum atomic E-state index is -3.85. The smallest absolute Gasteiger partial charge is 0.340 e. The van der Waals surface area contributed by atoms with Gasteiger partial charge in [0.15, 0.2) is 0 Å². The third-order valence-corrected chi connectivity index (χ3v) is 6.45.